The number of carbonyl (C=O) groups is 1. The first-order valence-electron chi connectivity index (χ1n) is 9.77. The van der Waals surface area contributed by atoms with Gasteiger partial charge < -0.3 is 9.47 Å². The van der Waals surface area contributed by atoms with Crippen LogP contribution in [0.3, 0.4) is 0 Å². The van der Waals surface area contributed by atoms with Crippen molar-refractivity contribution in [2.75, 3.05) is 23.7 Å². The van der Waals surface area contributed by atoms with Gasteiger partial charge in [-0.2, -0.15) is 0 Å². The topological polar surface area (TPSA) is 51.0 Å². The molecule has 0 aliphatic carbocycles. The van der Waals surface area contributed by atoms with E-state index in [1.54, 1.807) is 12.1 Å². The average molecular weight is 413 g/mol. The van der Waals surface area contributed by atoms with Gasteiger partial charge in [-0.15, -0.1) is 10.2 Å². The molecule has 152 valence electrons. The minimum absolute atomic E-state index is 0.134. The highest BCUT2D eigenvalue weighted by molar-refractivity contribution is 7.99. The highest BCUT2D eigenvalue weighted by atomic mass is 32.2. The fourth-order valence-corrected chi connectivity index (χ4v) is 4.08. The molecule has 1 heterocycles. The van der Waals surface area contributed by atoms with E-state index >= 15 is 0 Å². The monoisotopic (exact) mass is 412 g/mol. The van der Waals surface area contributed by atoms with Gasteiger partial charge in [0, 0.05) is 36.4 Å². The molecule has 0 saturated carbocycles. The molecule has 0 atom stereocenters. The number of benzene rings is 2. The Labute approximate surface area is 175 Å². The van der Waals surface area contributed by atoms with Crippen LogP contribution < -0.4 is 4.90 Å². The van der Waals surface area contributed by atoms with Crippen LogP contribution in [-0.2, 0) is 6.54 Å². The Morgan fingerprint density at radius 2 is 1.79 bits per heavy atom. The van der Waals surface area contributed by atoms with Crippen LogP contribution in [-0.4, -0.2) is 39.4 Å². The number of hydrogen-bond acceptors (Lipinski definition) is 5. The Morgan fingerprint density at radius 1 is 1.07 bits per heavy atom. The number of ketones is 1. The van der Waals surface area contributed by atoms with Gasteiger partial charge in [0.2, 0.25) is 0 Å². The molecule has 0 radical (unpaired) electrons. The van der Waals surface area contributed by atoms with E-state index in [2.05, 4.69) is 53.2 Å². The number of Topliss-reactive ketones (excluding diaryl/α,β-unsaturated/α-hetero) is 1. The minimum atomic E-state index is -0.409. The van der Waals surface area contributed by atoms with Crippen LogP contribution >= 0.6 is 11.8 Å². The maximum Gasteiger partial charge on any atom is 0.191 e. The van der Waals surface area contributed by atoms with Crippen molar-refractivity contribution in [1.29, 1.82) is 0 Å². The predicted molar refractivity (Wildman–Crippen MR) is 116 cm³/mol. The smallest absolute Gasteiger partial charge is 0.191 e. The molecule has 3 aromatic rings. The maximum atomic E-state index is 13.3. The fraction of sp³-hybridized carbons (Fsp3) is 0.318. The molecule has 0 N–H and O–H groups in total. The van der Waals surface area contributed by atoms with Crippen molar-refractivity contribution >= 4 is 23.2 Å². The lowest BCUT2D eigenvalue weighted by Gasteiger charge is -2.21. The quantitative estimate of drug-likeness (QED) is 0.369. The lowest BCUT2D eigenvalue weighted by molar-refractivity contribution is 0.102. The number of rotatable bonds is 9. The number of hydrogen-bond donors (Lipinski definition) is 0. The number of carbonyl (C=O) groups excluding carboxylic acids is 1. The van der Waals surface area contributed by atoms with Crippen molar-refractivity contribution in [2.24, 2.45) is 0 Å². The summed E-state index contributed by atoms with van der Waals surface area (Å²) in [7, 11) is 0. The summed E-state index contributed by atoms with van der Waals surface area (Å²) in [6.07, 6.45) is 0. The summed E-state index contributed by atoms with van der Waals surface area (Å²) in [5.41, 5.74) is 2.53. The van der Waals surface area contributed by atoms with Gasteiger partial charge in [0.05, 0.1) is 5.75 Å². The SMILES string of the molecule is CCN(CC)c1ccc(-c2nnc(SCC(=O)c3cccc(F)c3)n2CC)cc1. The highest BCUT2D eigenvalue weighted by Crippen LogP contribution is 2.26. The van der Waals surface area contributed by atoms with Gasteiger partial charge in [-0.1, -0.05) is 23.9 Å². The van der Waals surface area contributed by atoms with E-state index < -0.39 is 5.82 Å². The highest BCUT2D eigenvalue weighted by Gasteiger charge is 2.16. The van der Waals surface area contributed by atoms with E-state index in [4.69, 9.17) is 0 Å². The maximum absolute atomic E-state index is 13.3. The molecule has 5 nitrogen and oxygen atoms in total. The summed E-state index contributed by atoms with van der Waals surface area (Å²) in [4.78, 5) is 14.6. The van der Waals surface area contributed by atoms with Crippen LogP contribution in [0.4, 0.5) is 10.1 Å². The first-order chi connectivity index (χ1) is 14.1. The molecule has 0 bridgehead atoms. The number of thioether (sulfide) groups is 1. The third kappa shape index (κ3) is 4.85. The van der Waals surface area contributed by atoms with Crippen molar-refractivity contribution in [3.63, 3.8) is 0 Å². The molecule has 0 fully saturated rings. The van der Waals surface area contributed by atoms with Crippen molar-refractivity contribution in [1.82, 2.24) is 14.8 Å². The van der Waals surface area contributed by atoms with Crippen LogP contribution in [0.25, 0.3) is 11.4 Å². The summed E-state index contributed by atoms with van der Waals surface area (Å²) >= 11 is 1.32. The largest absolute Gasteiger partial charge is 0.372 e. The predicted octanol–water partition coefficient (Wildman–Crippen LogP) is 4.93. The van der Waals surface area contributed by atoms with Gasteiger partial charge in [-0.25, -0.2) is 4.39 Å². The molecule has 0 aliphatic rings. The Balaban J connectivity index is 1.75. The molecule has 0 saturated heterocycles. The Hall–Kier alpha value is -2.67. The Morgan fingerprint density at radius 3 is 2.41 bits per heavy atom. The Kier molecular flexibility index (Phi) is 7.04. The summed E-state index contributed by atoms with van der Waals surface area (Å²) in [6.45, 7) is 8.91. The van der Waals surface area contributed by atoms with Crippen LogP contribution in [0.2, 0.25) is 0 Å². The molecule has 7 heteroatoms. The molecular formula is C22H25FN4OS. The van der Waals surface area contributed by atoms with E-state index in [1.807, 2.05) is 11.5 Å². The summed E-state index contributed by atoms with van der Waals surface area (Å²) in [6, 6.07) is 14.0. The first kappa shape index (κ1) is 21.0. The molecule has 0 amide bonds. The number of aromatic nitrogens is 3. The third-order valence-electron chi connectivity index (χ3n) is 4.77. The number of halogens is 1. The standard InChI is InChI=1S/C22H25FN4OS/c1-4-26(5-2)19-12-10-16(11-13-19)21-24-25-22(27(21)6-3)29-15-20(28)17-8-7-9-18(23)14-17/h7-14H,4-6,15H2,1-3H3. The minimum Gasteiger partial charge on any atom is -0.372 e. The van der Waals surface area contributed by atoms with Gasteiger partial charge >= 0.3 is 0 Å². The molecular weight excluding hydrogens is 387 g/mol. The molecule has 0 aliphatic heterocycles. The van der Waals surface area contributed by atoms with E-state index in [-0.39, 0.29) is 11.5 Å². The molecule has 1 aromatic heterocycles. The van der Waals surface area contributed by atoms with E-state index in [1.165, 1.54) is 29.6 Å². The van der Waals surface area contributed by atoms with Crippen molar-refractivity contribution in [3.8, 4) is 11.4 Å². The zero-order chi connectivity index (χ0) is 20.8. The second-order valence-corrected chi connectivity index (χ2v) is 7.43. The Bertz CT molecular complexity index is 967. The van der Waals surface area contributed by atoms with E-state index in [0.29, 0.717) is 17.3 Å². The molecule has 2 aromatic carbocycles. The van der Waals surface area contributed by atoms with E-state index in [9.17, 15) is 9.18 Å². The average Bonchev–Trinajstić information content (AvgIpc) is 3.16. The van der Waals surface area contributed by atoms with Gasteiger partial charge in [0.1, 0.15) is 5.82 Å². The van der Waals surface area contributed by atoms with Crippen molar-refractivity contribution in [3.05, 3.63) is 59.9 Å². The molecule has 0 unspecified atom stereocenters. The zero-order valence-electron chi connectivity index (χ0n) is 16.9. The van der Waals surface area contributed by atoms with E-state index in [0.717, 1.165) is 24.5 Å². The zero-order valence-corrected chi connectivity index (χ0v) is 17.7. The van der Waals surface area contributed by atoms with Crippen LogP contribution in [0.1, 0.15) is 31.1 Å². The summed E-state index contributed by atoms with van der Waals surface area (Å²) in [5, 5.41) is 9.30. The summed E-state index contributed by atoms with van der Waals surface area (Å²) in [5.74, 6) is 0.417. The second-order valence-electron chi connectivity index (χ2n) is 6.49. The van der Waals surface area contributed by atoms with Crippen molar-refractivity contribution in [2.45, 2.75) is 32.5 Å². The lowest BCUT2D eigenvalue weighted by atomic mass is 10.1. The third-order valence-corrected chi connectivity index (χ3v) is 5.73. The van der Waals surface area contributed by atoms with Crippen LogP contribution in [0, 0.1) is 5.82 Å². The molecule has 0 spiro atoms. The van der Waals surface area contributed by atoms with Crippen LogP contribution in [0.15, 0.2) is 53.7 Å². The molecule has 29 heavy (non-hydrogen) atoms. The number of anilines is 1. The van der Waals surface area contributed by atoms with Crippen LogP contribution in [0.5, 0.6) is 0 Å². The summed E-state index contributed by atoms with van der Waals surface area (Å²) < 4.78 is 15.3. The van der Waals surface area contributed by atoms with Gasteiger partial charge in [0.25, 0.3) is 0 Å². The lowest BCUT2D eigenvalue weighted by Crippen LogP contribution is -2.21. The first-order valence-corrected chi connectivity index (χ1v) is 10.8. The van der Waals surface area contributed by atoms with Gasteiger partial charge in [-0.3, -0.25) is 4.79 Å². The van der Waals surface area contributed by atoms with Gasteiger partial charge in [-0.05, 0) is 57.2 Å². The number of nitrogens with zero attached hydrogens (tertiary/aromatic N) is 4. The fourth-order valence-electron chi connectivity index (χ4n) is 3.18. The molecule has 3 rings (SSSR count). The normalized spacial score (nSPS) is 10.9. The van der Waals surface area contributed by atoms with Gasteiger partial charge in [0.15, 0.2) is 16.8 Å². The van der Waals surface area contributed by atoms with Crippen molar-refractivity contribution < 1.29 is 9.18 Å². The second kappa shape index (κ2) is 9.69.